The minimum Gasteiger partial charge on any atom is -0.462 e. The number of epoxide rings is 1. The summed E-state index contributed by atoms with van der Waals surface area (Å²) in [6.07, 6.45) is 33.9. The molecule has 364 valence electrons. The summed E-state index contributed by atoms with van der Waals surface area (Å²) >= 11 is 0. The van der Waals surface area contributed by atoms with Crippen LogP contribution in [0.1, 0.15) is 142 Å². The molecule has 1 saturated heterocycles. The molecule has 0 aromatic heterocycles. The lowest BCUT2D eigenvalue weighted by Gasteiger charge is -2.41. The van der Waals surface area contributed by atoms with E-state index in [1.54, 1.807) is 0 Å². The van der Waals surface area contributed by atoms with Gasteiger partial charge in [-0.3, -0.25) is 18.6 Å². The molecule has 64 heavy (non-hydrogen) atoms. The van der Waals surface area contributed by atoms with Gasteiger partial charge in [-0.25, -0.2) is 4.57 Å². The Labute approximate surface area is 382 Å². The van der Waals surface area contributed by atoms with Crippen LogP contribution in [-0.4, -0.2) is 111 Å². The number of phosphoric acid groups is 1. The van der Waals surface area contributed by atoms with Gasteiger partial charge in [-0.05, 0) is 89.9 Å². The normalized spacial score (nSPS) is 25.5. The van der Waals surface area contributed by atoms with Crippen molar-refractivity contribution >= 4 is 19.8 Å². The molecule has 6 N–H and O–H groups in total. The van der Waals surface area contributed by atoms with Crippen LogP contribution in [0.25, 0.3) is 0 Å². The van der Waals surface area contributed by atoms with E-state index in [1.165, 1.54) is 38.5 Å². The van der Waals surface area contributed by atoms with Crippen LogP contribution in [0.15, 0.2) is 85.1 Å². The first kappa shape index (κ1) is 57.1. The second-order valence-electron chi connectivity index (χ2n) is 16.3. The Kier molecular flexibility index (Phi) is 31.4. The summed E-state index contributed by atoms with van der Waals surface area (Å²) in [5.74, 6) is -1.25. The molecular weight excluding hydrogens is 843 g/mol. The number of aliphatic hydroxyl groups is 5. The standard InChI is InChI=1S/C49H79O14P/c1-3-5-7-9-11-12-13-14-15-16-17-18-19-20-23-28-32-36-43(51)61-39(38-60-64(57,58)63-49-47(55)45(53)44(52)46(54)48(49)56)37-59-42(50)35-31-27-24-21-22-26-30-34-41-40(62-41)33-29-25-10-8-6-4-2/h11-12,14-15,17-18,20-21,23-26,29-30,39-41,44-49,52-56H,3-10,13,16,19,22,27-28,31-38H2,1-2H3,(H,57,58)/b12-11-,15-14-,18-17-,23-20-,24-21-,29-25-,30-26-/t39-,40?,41?,44?,45-,46+,47-,48-,49?/m1/s1. The van der Waals surface area contributed by atoms with Crippen molar-refractivity contribution in [3.8, 4) is 0 Å². The minimum absolute atomic E-state index is 0.00156. The Balaban J connectivity index is 1.76. The fourth-order valence-electron chi connectivity index (χ4n) is 6.66. The van der Waals surface area contributed by atoms with Gasteiger partial charge in [0.05, 0.1) is 18.8 Å². The molecule has 1 saturated carbocycles. The molecule has 2 rings (SSSR count). The van der Waals surface area contributed by atoms with Gasteiger partial charge in [0.25, 0.3) is 0 Å². The topological polar surface area (TPSA) is 222 Å². The Morgan fingerprint density at radius 3 is 1.45 bits per heavy atom. The highest BCUT2D eigenvalue weighted by Gasteiger charge is 2.51. The Morgan fingerprint density at radius 2 is 0.953 bits per heavy atom. The molecule has 0 spiro atoms. The van der Waals surface area contributed by atoms with E-state index in [1.807, 2.05) is 24.3 Å². The number of allylic oxidation sites excluding steroid dienone is 12. The van der Waals surface area contributed by atoms with Crippen molar-refractivity contribution in [2.75, 3.05) is 13.2 Å². The van der Waals surface area contributed by atoms with E-state index in [0.717, 1.165) is 51.4 Å². The molecule has 1 heterocycles. The fraction of sp³-hybridized carbons (Fsp3) is 0.673. The molecule has 14 nitrogen and oxygen atoms in total. The van der Waals surface area contributed by atoms with E-state index >= 15 is 0 Å². The smallest absolute Gasteiger partial charge is 0.462 e. The molecule has 10 atom stereocenters. The van der Waals surface area contributed by atoms with Crippen LogP contribution in [-0.2, 0) is 37.4 Å². The van der Waals surface area contributed by atoms with Gasteiger partial charge in [-0.15, -0.1) is 0 Å². The van der Waals surface area contributed by atoms with E-state index in [0.29, 0.717) is 31.8 Å². The van der Waals surface area contributed by atoms with Crippen LogP contribution in [0.3, 0.4) is 0 Å². The molecule has 2 fully saturated rings. The molecule has 2 aliphatic rings. The van der Waals surface area contributed by atoms with Crippen molar-refractivity contribution in [2.24, 2.45) is 0 Å². The highest BCUT2D eigenvalue weighted by Crippen LogP contribution is 2.47. The van der Waals surface area contributed by atoms with E-state index in [-0.39, 0.29) is 18.9 Å². The summed E-state index contributed by atoms with van der Waals surface area (Å²) < 4.78 is 39.2. The van der Waals surface area contributed by atoms with Gasteiger partial charge in [0.2, 0.25) is 0 Å². The number of aliphatic hydroxyl groups excluding tert-OH is 5. The molecule has 5 unspecified atom stereocenters. The van der Waals surface area contributed by atoms with Crippen molar-refractivity contribution in [1.29, 1.82) is 0 Å². The Morgan fingerprint density at radius 1 is 0.547 bits per heavy atom. The lowest BCUT2D eigenvalue weighted by Crippen LogP contribution is -2.64. The minimum atomic E-state index is -5.16. The second-order valence-corrected chi connectivity index (χ2v) is 17.7. The maximum absolute atomic E-state index is 12.8. The van der Waals surface area contributed by atoms with Gasteiger partial charge in [0.1, 0.15) is 43.2 Å². The van der Waals surface area contributed by atoms with Crippen LogP contribution < -0.4 is 0 Å². The average molecular weight is 923 g/mol. The number of rotatable bonds is 36. The average Bonchev–Trinajstić information content (AvgIpc) is 4.03. The van der Waals surface area contributed by atoms with E-state index in [4.69, 9.17) is 23.3 Å². The van der Waals surface area contributed by atoms with Crippen LogP contribution in [0, 0.1) is 0 Å². The quantitative estimate of drug-likeness (QED) is 0.0115. The Hall–Kier alpha value is -3.01. The van der Waals surface area contributed by atoms with Crippen LogP contribution in [0.2, 0.25) is 0 Å². The fourth-order valence-corrected chi connectivity index (χ4v) is 7.64. The lowest BCUT2D eigenvalue weighted by atomic mass is 9.85. The monoisotopic (exact) mass is 923 g/mol. The number of unbranched alkanes of at least 4 members (excludes halogenated alkanes) is 8. The Bertz CT molecular complexity index is 1510. The first-order valence-electron chi connectivity index (χ1n) is 23.5. The maximum Gasteiger partial charge on any atom is 0.472 e. The van der Waals surface area contributed by atoms with Gasteiger partial charge < -0.3 is 44.6 Å². The van der Waals surface area contributed by atoms with Crippen molar-refractivity contribution < 1.29 is 67.8 Å². The first-order chi connectivity index (χ1) is 30.9. The third-order valence-electron chi connectivity index (χ3n) is 10.6. The SMILES string of the molecule is CCCCC/C=C\C/C=C\C/C=C\C/C=C\CCCC(=O)O[C@H](COC(=O)CCC/C=C\C/C=C\CC1OC1C/C=C\CCCCC)COP(=O)(O)OC1[C@H](O)[C@H](O)C(O)[C@H](O)[C@H]1O. The molecule has 15 heteroatoms. The van der Waals surface area contributed by atoms with Crippen molar-refractivity contribution in [3.63, 3.8) is 0 Å². The van der Waals surface area contributed by atoms with E-state index < -0.39 is 75.7 Å². The number of ether oxygens (including phenoxy) is 3. The zero-order valence-electron chi connectivity index (χ0n) is 38.2. The van der Waals surface area contributed by atoms with Crippen molar-refractivity contribution in [2.45, 2.75) is 197 Å². The largest absolute Gasteiger partial charge is 0.472 e. The zero-order chi connectivity index (χ0) is 46.8. The highest BCUT2D eigenvalue weighted by atomic mass is 31.2. The van der Waals surface area contributed by atoms with Gasteiger partial charge in [0.15, 0.2) is 6.10 Å². The number of carbonyl (C=O) groups excluding carboxylic acids is 2. The predicted molar refractivity (Wildman–Crippen MR) is 248 cm³/mol. The number of phosphoric ester groups is 1. The first-order valence-corrected chi connectivity index (χ1v) is 25.0. The third-order valence-corrected chi connectivity index (χ3v) is 11.6. The van der Waals surface area contributed by atoms with E-state index in [2.05, 4.69) is 74.6 Å². The molecule has 0 aromatic carbocycles. The number of hydrogen-bond acceptors (Lipinski definition) is 13. The van der Waals surface area contributed by atoms with Gasteiger partial charge >= 0.3 is 19.8 Å². The molecule has 0 aromatic rings. The molecule has 0 amide bonds. The summed E-state index contributed by atoms with van der Waals surface area (Å²) in [7, 11) is -5.16. The zero-order valence-corrected chi connectivity index (χ0v) is 39.1. The van der Waals surface area contributed by atoms with Crippen LogP contribution in [0.4, 0.5) is 0 Å². The van der Waals surface area contributed by atoms with Gasteiger partial charge in [-0.1, -0.05) is 125 Å². The number of hydrogen-bond donors (Lipinski definition) is 6. The molecule has 1 aliphatic carbocycles. The summed E-state index contributed by atoms with van der Waals surface area (Å²) in [6.45, 7) is 3.13. The van der Waals surface area contributed by atoms with E-state index in [9.17, 15) is 44.6 Å². The summed E-state index contributed by atoms with van der Waals surface area (Å²) in [5.41, 5.74) is 0. The molecular formula is C49H79O14P. The molecule has 0 bridgehead atoms. The number of esters is 2. The summed E-state index contributed by atoms with van der Waals surface area (Å²) in [4.78, 5) is 35.7. The second kappa shape index (κ2) is 35.2. The summed E-state index contributed by atoms with van der Waals surface area (Å²) in [6, 6.07) is 0. The van der Waals surface area contributed by atoms with Crippen LogP contribution in [0.5, 0.6) is 0 Å². The molecule has 0 radical (unpaired) electrons. The maximum atomic E-state index is 12.8. The highest BCUT2D eigenvalue weighted by molar-refractivity contribution is 7.47. The number of carbonyl (C=O) groups is 2. The van der Waals surface area contributed by atoms with Crippen molar-refractivity contribution in [3.05, 3.63) is 85.1 Å². The predicted octanol–water partition coefficient (Wildman–Crippen LogP) is 8.26. The van der Waals surface area contributed by atoms with Gasteiger partial charge in [-0.2, -0.15) is 0 Å². The van der Waals surface area contributed by atoms with Gasteiger partial charge in [0, 0.05) is 12.8 Å². The van der Waals surface area contributed by atoms with Crippen molar-refractivity contribution in [1.82, 2.24) is 0 Å². The summed E-state index contributed by atoms with van der Waals surface area (Å²) in [5, 5.41) is 50.2. The van der Waals surface area contributed by atoms with Crippen LogP contribution >= 0.6 is 7.82 Å². The lowest BCUT2D eigenvalue weighted by molar-refractivity contribution is -0.220. The third kappa shape index (κ3) is 26.8. The molecule has 1 aliphatic heterocycles.